The average Bonchev–Trinajstić information content (AvgIpc) is 3.34. The molecule has 2 amide bonds. The van der Waals surface area contributed by atoms with Crippen LogP contribution in [0.5, 0.6) is 0 Å². The van der Waals surface area contributed by atoms with Crippen LogP contribution in [0.2, 0.25) is 0 Å². The number of aryl methyl sites for hydroxylation is 2. The number of ether oxygens (including phenoxy) is 2. The molecule has 0 radical (unpaired) electrons. The number of aliphatic hydroxyl groups excluding tert-OH is 1. The van der Waals surface area contributed by atoms with Gasteiger partial charge in [-0.25, -0.2) is 0 Å². The number of carbonyl (C=O) groups is 3. The zero-order valence-electron chi connectivity index (χ0n) is 22.1. The summed E-state index contributed by atoms with van der Waals surface area (Å²) in [6.45, 7) is 15.2. The Bertz CT molecular complexity index is 1070. The van der Waals surface area contributed by atoms with Gasteiger partial charge in [-0.15, -0.1) is 6.58 Å². The van der Waals surface area contributed by atoms with Crippen molar-refractivity contribution in [1.29, 1.82) is 0 Å². The van der Waals surface area contributed by atoms with Crippen molar-refractivity contribution in [3.63, 3.8) is 0 Å². The van der Waals surface area contributed by atoms with Crippen LogP contribution in [-0.2, 0) is 23.9 Å². The van der Waals surface area contributed by atoms with Gasteiger partial charge < -0.3 is 24.4 Å². The van der Waals surface area contributed by atoms with Crippen LogP contribution in [0.3, 0.4) is 0 Å². The van der Waals surface area contributed by atoms with Gasteiger partial charge in [0.1, 0.15) is 17.6 Å². The number of rotatable bonds is 8. The second kappa shape index (κ2) is 9.30. The molecule has 3 aliphatic heterocycles. The van der Waals surface area contributed by atoms with Crippen molar-refractivity contribution in [2.24, 2.45) is 17.8 Å². The van der Waals surface area contributed by atoms with Gasteiger partial charge in [-0.2, -0.15) is 0 Å². The molecule has 3 unspecified atom stereocenters. The van der Waals surface area contributed by atoms with E-state index in [1.807, 2.05) is 45.9 Å². The number of hydrogen-bond acceptors (Lipinski definition) is 6. The van der Waals surface area contributed by atoms with E-state index in [9.17, 15) is 19.5 Å². The Labute approximate surface area is 213 Å². The molecule has 2 bridgehead atoms. The highest BCUT2D eigenvalue weighted by Gasteiger charge is 2.80. The summed E-state index contributed by atoms with van der Waals surface area (Å²) in [7, 11) is 0. The van der Waals surface area contributed by atoms with E-state index in [-0.39, 0.29) is 37.5 Å². The van der Waals surface area contributed by atoms with Crippen molar-refractivity contribution in [3.8, 4) is 0 Å². The van der Waals surface area contributed by atoms with Gasteiger partial charge in [-0.1, -0.05) is 31.2 Å². The van der Waals surface area contributed by atoms with Gasteiger partial charge in [0.25, 0.3) is 5.91 Å². The van der Waals surface area contributed by atoms with E-state index in [2.05, 4.69) is 6.58 Å². The monoisotopic (exact) mass is 498 g/mol. The van der Waals surface area contributed by atoms with Crippen LogP contribution in [0.4, 0.5) is 5.69 Å². The van der Waals surface area contributed by atoms with E-state index in [0.717, 1.165) is 16.8 Å². The molecule has 3 heterocycles. The third kappa shape index (κ3) is 3.52. The summed E-state index contributed by atoms with van der Waals surface area (Å²) < 4.78 is 12.1. The van der Waals surface area contributed by atoms with Crippen molar-refractivity contribution in [3.05, 3.63) is 42.0 Å². The molecular formula is C28H38N2O6. The number of carbonyl (C=O) groups excluding carboxylic acids is 3. The second-order valence-corrected chi connectivity index (χ2v) is 10.7. The Balaban J connectivity index is 1.89. The summed E-state index contributed by atoms with van der Waals surface area (Å²) in [5.41, 5.74) is 0.485. The lowest BCUT2D eigenvalue weighted by Crippen LogP contribution is -2.59. The van der Waals surface area contributed by atoms with E-state index in [1.165, 1.54) is 4.90 Å². The lowest BCUT2D eigenvalue weighted by Gasteiger charge is -2.39. The molecule has 36 heavy (non-hydrogen) atoms. The molecule has 0 aromatic heterocycles. The summed E-state index contributed by atoms with van der Waals surface area (Å²) >= 11 is 0. The van der Waals surface area contributed by atoms with Gasteiger partial charge in [-0.05, 0) is 58.1 Å². The molecule has 1 aromatic carbocycles. The number of nitrogens with zero attached hydrogens (tertiary/aromatic N) is 2. The zero-order chi connectivity index (χ0) is 26.6. The minimum atomic E-state index is -1.20. The highest BCUT2D eigenvalue weighted by Crippen LogP contribution is 2.65. The lowest BCUT2D eigenvalue weighted by molar-refractivity contribution is -0.161. The van der Waals surface area contributed by atoms with E-state index >= 15 is 0 Å². The molecule has 3 fully saturated rings. The van der Waals surface area contributed by atoms with Gasteiger partial charge >= 0.3 is 5.97 Å². The Kier molecular flexibility index (Phi) is 6.81. The Morgan fingerprint density at radius 3 is 2.56 bits per heavy atom. The molecular weight excluding hydrogens is 460 g/mol. The fourth-order valence-electron chi connectivity index (χ4n) is 6.91. The first-order valence-corrected chi connectivity index (χ1v) is 12.8. The van der Waals surface area contributed by atoms with E-state index in [0.29, 0.717) is 6.42 Å². The fraction of sp³-hybridized carbons (Fsp3) is 0.607. The van der Waals surface area contributed by atoms with Crippen molar-refractivity contribution in [2.75, 3.05) is 24.7 Å². The predicted molar refractivity (Wildman–Crippen MR) is 135 cm³/mol. The molecule has 196 valence electrons. The SMILES string of the molecule is C=CCN(C(=O)C1N([C@H](C)CO)C(=O)[C@@H]2[C@H](C(=O)OCC)[C@@]3(C)OC12CC3C)c1c(C)cccc1C. The van der Waals surface area contributed by atoms with Crippen LogP contribution in [0.15, 0.2) is 30.9 Å². The van der Waals surface area contributed by atoms with Gasteiger partial charge in [-0.3, -0.25) is 14.4 Å². The first-order valence-electron chi connectivity index (χ1n) is 12.8. The predicted octanol–water partition coefficient (Wildman–Crippen LogP) is 2.78. The number of esters is 1. The quantitative estimate of drug-likeness (QED) is 0.437. The summed E-state index contributed by atoms with van der Waals surface area (Å²) in [5.74, 6) is -2.89. The van der Waals surface area contributed by atoms with Crippen LogP contribution in [0, 0.1) is 31.6 Å². The van der Waals surface area contributed by atoms with Crippen LogP contribution in [-0.4, -0.2) is 70.8 Å². The molecule has 3 saturated heterocycles. The van der Waals surface area contributed by atoms with Crippen LogP contribution in [0.1, 0.15) is 45.2 Å². The number of aliphatic hydroxyl groups is 1. The minimum Gasteiger partial charge on any atom is -0.466 e. The number of fused-ring (bicyclic) bond motifs is 1. The highest BCUT2D eigenvalue weighted by molar-refractivity contribution is 6.05. The van der Waals surface area contributed by atoms with E-state index in [4.69, 9.17) is 9.47 Å². The molecule has 8 nitrogen and oxygen atoms in total. The molecule has 1 aromatic rings. The second-order valence-electron chi connectivity index (χ2n) is 10.7. The smallest absolute Gasteiger partial charge is 0.312 e. The Morgan fingerprint density at radius 2 is 2.00 bits per heavy atom. The Morgan fingerprint density at radius 1 is 1.36 bits per heavy atom. The van der Waals surface area contributed by atoms with Crippen molar-refractivity contribution in [2.45, 2.75) is 71.2 Å². The van der Waals surface area contributed by atoms with Crippen LogP contribution < -0.4 is 4.90 Å². The third-order valence-corrected chi connectivity index (χ3v) is 8.55. The van der Waals surface area contributed by atoms with Gasteiger partial charge in [0.2, 0.25) is 5.91 Å². The summed E-state index contributed by atoms with van der Waals surface area (Å²) in [6, 6.07) is 4.19. The highest BCUT2D eigenvalue weighted by atomic mass is 16.6. The van der Waals surface area contributed by atoms with Crippen molar-refractivity contribution >= 4 is 23.5 Å². The normalized spacial score (nSPS) is 33.4. The maximum Gasteiger partial charge on any atom is 0.312 e. The standard InChI is InChI=1S/C28H38N2O6/c1-8-13-29(22-16(3)11-10-12-17(22)4)25(33)23-28-14-18(5)27(7,36-28)21(26(34)35-9-2)20(28)24(32)30(23)19(6)15-31/h8,10-12,18-21,23,31H,1,9,13-15H2,2-7H3/t18?,19-,20+,21-,23?,27+,28?/m1/s1. The number of hydrogen-bond donors (Lipinski definition) is 1. The number of amides is 2. The summed E-state index contributed by atoms with van der Waals surface area (Å²) in [4.78, 5) is 44.9. The van der Waals surface area contributed by atoms with Crippen LogP contribution in [0.25, 0.3) is 0 Å². The third-order valence-electron chi connectivity index (χ3n) is 8.55. The lowest BCUT2D eigenvalue weighted by atomic mass is 9.62. The summed E-state index contributed by atoms with van der Waals surface area (Å²) in [6.07, 6.45) is 2.11. The van der Waals surface area contributed by atoms with Crippen LogP contribution >= 0.6 is 0 Å². The topological polar surface area (TPSA) is 96.4 Å². The fourth-order valence-corrected chi connectivity index (χ4v) is 6.91. The molecule has 1 N–H and O–H groups in total. The maximum atomic E-state index is 14.6. The van der Waals surface area contributed by atoms with Crippen molar-refractivity contribution < 1.29 is 29.0 Å². The van der Waals surface area contributed by atoms with Crippen molar-refractivity contribution in [1.82, 2.24) is 4.90 Å². The molecule has 1 spiro atoms. The largest absolute Gasteiger partial charge is 0.466 e. The molecule has 7 atom stereocenters. The molecule has 4 rings (SSSR count). The maximum absolute atomic E-state index is 14.6. The molecule has 8 heteroatoms. The van der Waals surface area contributed by atoms with E-state index < -0.39 is 41.1 Å². The number of anilines is 1. The zero-order valence-corrected chi connectivity index (χ0v) is 22.1. The van der Waals surface area contributed by atoms with Gasteiger partial charge in [0, 0.05) is 12.2 Å². The van der Waals surface area contributed by atoms with E-state index in [1.54, 1.807) is 24.8 Å². The first-order chi connectivity index (χ1) is 17.0. The van der Waals surface area contributed by atoms with Gasteiger partial charge in [0.05, 0.1) is 30.8 Å². The summed E-state index contributed by atoms with van der Waals surface area (Å²) in [5, 5.41) is 10.1. The number of para-hydroxylation sites is 1. The molecule has 0 aliphatic carbocycles. The number of benzene rings is 1. The first kappa shape index (κ1) is 26.4. The average molecular weight is 499 g/mol. The van der Waals surface area contributed by atoms with Gasteiger partial charge in [0.15, 0.2) is 0 Å². The molecule has 0 saturated carbocycles. The Hall–Kier alpha value is -2.71. The number of likely N-dealkylation sites (tertiary alicyclic amines) is 1. The molecule has 3 aliphatic rings. The minimum absolute atomic E-state index is 0.0799.